The first-order valence-corrected chi connectivity index (χ1v) is 5.32. The van der Waals surface area contributed by atoms with Gasteiger partial charge in [0.05, 0.1) is 13.7 Å². The zero-order valence-electron chi connectivity index (χ0n) is 10.3. The fourth-order valence-corrected chi connectivity index (χ4v) is 1.45. The highest BCUT2D eigenvalue weighted by Gasteiger charge is 2.14. The first-order chi connectivity index (χ1) is 7.99. The minimum atomic E-state index is -0.906. The second-order valence-electron chi connectivity index (χ2n) is 3.92. The van der Waals surface area contributed by atoms with E-state index in [1.165, 1.54) is 0 Å². The Hall–Kier alpha value is -1.59. The van der Waals surface area contributed by atoms with Crippen molar-refractivity contribution in [3.05, 3.63) is 23.3 Å². The van der Waals surface area contributed by atoms with Crippen LogP contribution in [-0.4, -0.2) is 30.8 Å². The lowest BCUT2D eigenvalue weighted by atomic mass is 10.1. The van der Waals surface area contributed by atoms with E-state index >= 15 is 0 Å². The molecule has 0 saturated carbocycles. The maximum atomic E-state index is 11.5. The lowest BCUT2D eigenvalue weighted by molar-refractivity contribution is -0.118. The Labute approximate surface area is 101 Å². The number of carbonyl (C=O) groups is 1. The Balaban J connectivity index is 2.92. The van der Waals surface area contributed by atoms with Gasteiger partial charge in [0.15, 0.2) is 0 Å². The van der Waals surface area contributed by atoms with Crippen LogP contribution in [0.4, 0.5) is 5.69 Å². The highest BCUT2D eigenvalue weighted by molar-refractivity contribution is 5.95. The number of amides is 1. The predicted molar refractivity (Wildman–Crippen MR) is 66.2 cm³/mol. The summed E-state index contributed by atoms with van der Waals surface area (Å²) in [6.07, 6.45) is 0. The summed E-state index contributed by atoms with van der Waals surface area (Å²) >= 11 is 0. The Morgan fingerprint density at radius 1 is 1.47 bits per heavy atom. The third-order valence-corrected chi connectivity index (χ3v) is 2.53. The fourth-order valence-electron chi connectivity index (χ4n) is 1.45. The van der Waals surface area contributed by atoms with Crippen LogP contribution in [0.25, 0.3) is 0 Å². The molecule has 0 fully saturated rings. The molecule has 17 heavy (non-hydrogen) atoms. The number of anilines is 1. The molecule has 0 heterocycles. The van der Waals surface area contributed by atoms with Gasteiger partial charge in [-0.25, -0.2) is 0 Å². The highest BCUT2D eigenvalue weighted by atomic mass is 16.5. The number of hydrogen-bond acceptors (Lipinski definition) is 4. The van der Waals surface area contributed by atoms with Crippen LogP contribution in [-0.2, 0) is 4.79 Å². The summed E-state index contributed by atoms with van der Waals surface area (Å²) in [5, 5.41) is 11.5. The lowest BCUT2D eigenvalue weighted by Crippen LogP contribution is -2.38. The van der Waals surface area contributed by atoms with Gasteiger partial charge in [0, 0.05) is 5.69 Å². The summed E-state index contributed by atoms with van der Waals surface area (Å²) in [5.41, 5.74) is 7.90. The van der Waals surface area contributed by atoms with E-state index in [9.17, 15) is 4.79 Å². The van der Waals surface area contributed by atoms with Crippen LogP contribution < -0.4 is 15.8 Å². The molecule has 0 aliphatic rings. The van der Waals surface area contributed by atoms with Gasteiger partial charge in [-0.1, -0.05) is 0 Å². The van der Waals surface area contributed by atoms with Gasteiger partial charge in [0.1, 0.15) is 11.8 Å². The summed E-state index contributed by atoms with van der Waals surface area (Å²) in [5.74, 6) is 0.368. The van der Waals surface area contributed by atoms with Crippen molar-refractivity contribution in [2.45, 2.75) is 19.9 Å². The SMILES string of the molecule is COc1cc(C)c(NC(=O)C(N)CO)cc1C. The molecule has 1 aromatic carbocycles. The first-order valence-electron chi connectivity index (χ1n) is 5.32. The fraction of sp³-hybridized carbons (Fsp3) is 0.417. The zero-order valence-corrected chi connectivity index (χ0v) is 10.3. The molecule has 0 aliphatic carbocycles. The molecule has 1 atom stereocenters. The molecule has 1 aromatic rings. The number of hydrogen-bond donors (Lipinski definition) is 3. The molecule has 0 spiro atoms. The number of rotatable bonds is 4. The number of aliphatic hydroxyl groups is 1. The number of nitrogens with one attached hydrogen (secondary N) is 1. The quantitative estimate of drug-likeness (QED) is 0.716. The highest BCUT2D eigenvalue weighted by Crippen LogP contribution is 2.25. The number of carbonyl (C=O) groups excluding carboxylic acids is 1. The minimum Gasteiger partial charge on any atom is -0.496 e. The second-order valence-corrected chi connectivity index (χ2v) is 3.92. The standard InChI is InChI=1S/C12H18N2O3/c1-7-5-11(17-3)8(2)4-10(7)14-12(16)9(13)6-15/h4-5,9,15H,6,13H2,1-3H3,(H,14,16). The van der Waals surface area contributed by atoms with Gasteiger partial charge >= 0.3 is 0 Å². The van der Waals surface area contributed by atoms with E-state index in [4.69, 9.17) is 15.6 Å². The van der Waals surface area contributed by atoms with E-state index in [0.717, 1.165) is 16.9 Å². The number of aliphatic hydroxyl groups excluding tert-OH is 1. The maximum Gasteiger partial charge on any atom is 0.243 e. The Bertz CT molecular complexity index is 418. The second kappa shape index (κ2) is 5.65. The van der Waals surface area contributed by atoms with Crippen molar-refractivity contribution in [2.75, 3.05) is 19.0 Å². The topological polar surface area (TPSA) is 84.6 Å². The Morgan fingerprint density at radius 2 is 2.12 bits per heavy atom. The van der Waals surface area contributed by atoms with Crippen LogP contribution in [0.2, 0.25) is 0 Å². The summed E-state index contributed by atoms with van der Waals surface area (Å²) in [6.45, 7) is 3.38. The number of nitrogens with two attached hydrogens (primary N) is 1. The van der Waals surface area contributed by atoms with Crippen LogP contribution in [0.15, 0.2) is 12.1 Å². The van der Waals surface area contributed by atoms with Crippen LogP contribution in [0, 0.1) is 13.8 Å². The van der Waals surface area contributed by atoms with Gasteiger partial charge in [-0.05, 0) is 37.1 Å². The van der Waals surface area contributed by atoms with Gasteiger partial charge in [-0.15, -0.1) is 0 Å². The van der Waals surface area contributed by atoms with E-state index in [1.807, 2.05) is 26.0 Å². The van der Waals surface area contributed by atoms with Crippen LogP contribution in [0.5, 0.6) is 5.75 Å². The molecule has 94 valence electrons. The largest absolute Gasteiger partial charge is 0.496 e. The Morgan fingerprint density at radius 3 is 2.65 bits per heavy atom. The van der Waals surface area contributed by atoms with Crippen molar-refractivity contribution in [2.24, 2.45) is 5.73 Å². The molecular weight excluding hydrogens is 220 g/mol. The average molecular weight is 238 g/mol. The molecular formula is C12H18N2O3. The summed E-state index contributed by atoms with van der Waals surface area (Å²) < 4.78 is 5.18. The molecule has 5 nitrogen and oxygen atoms in total. The van der Waals surface area contributed by atoms with E-state index in [2.05, 4.69) is 5.32 Å². The number of benzene rings is 1. The van der Waals surface area contributed by atoms with E-state index in [0.29, 0.717) is 5.69 Å². The van der Waals surface area contributed by atoms with Gasteiger partial charge in [0.25, 0.3) is 0 Å². The van der Waals surface area contributed by atoms with Gasteiger partial charge < -0.3 is 20.9 Å². The van der Waals surface area contributed by atoms with E-state index < -0.39 is 11.9 Å². The van der Waals surface area contributed by atoms with Gasteiger partial charge in [-0.3, -0.25) is 4.79 Å². The van der Waals surface area contributed by atoms with Crippen LogP contribution in [0.1, 0.15) is 11.1 Å². The molecule has 0 bridgehead atoms. The van der Waals surface area contributed by atoms with Crippen molar-refractivity contribution >= 4 is 11.6 Å². The molecule has 5 heteroatoms. The lowest BCUT2D eigenvalue weighted by Gasteiger charge is -2.14. The predicted octanol–water partition coefficient (Wildman–Crippen LogP) is 0.570. The zero-order chi connectivity index (χ0) is 13.0. The molecule has 1 unspecified atom stereocenters. The summed E-state index contributed by atoms with van der Waals surface area (Å²) in [6, 6.07) is 2.75. The number of ether oxygens (including phenoxy) is 1. The molecule has 0 aliphatic heterocycles. The number of aryl methyl sites for hydroxylation is 2. The monoisotopic (exact) mass is 238 g/mol. The Kier molecular flexibility index (Phi) is 4.48. The van der Waals surface area contributed by atoms with Crippen molar-refractivity contribution in [1.29, 1.82) is 0 Å². The van der Waals surface area contributed by atoms with Crippen LogP contribution >= 0.6 is 0 Å². The first kappa shape index (κ1) is 13.5. The summed E-state index contributed by atoms with van der Waals surface area (Å²) in [4.78, 5) is 11.5. The normalized spacial score (nSPS) is 12.1. The van der Waals surface area contributed by atoms with Gasteiger partial charge in [-0.2, -0.15) is 0 Å². The maximum absolute atomic E-state index is 11.5. The van der Waals surface area contributed by atoms with E-state index in [1.54, 1.807) is 7.11 Å². The molecule has 0 aromatic heterocycles. The summed E-state index contributed by atoms with van der Waals surface area (Å²) in [7, 11) is 1.60. The molecule has 0 saturated heterocycles. The minimum absolute atomic E-state index is 0.375. The van der Waals surface area contributed by atoms with Crippen molar-refractivity contribution in [3.8, 4) is 5.75 Å². The molecule has 1 amide bonds. The van der Waals surface area contributed by atoms with Crippen molar-refractivity contribution in [1.82, 2.24) is 0 Å². The van der Waals surface area contributed by atoms with Crippen LogP contribution in [0.3, 0.4) is 0 Å². The van der Waals surface area contributed by atoms with Crippen molar-refractivity contribution in [3.63, 3.8) is 0 Å². The molecule has 0 radical (unpaired) electrons. The smallest absolute Gasteiger partial charge is 0.243 e. The molecule has 4 N–H and O–H groups in total. The van der Waals surface area contributed by atoms with Crippen molar-refractivity contribution < 1.29 is 14.6 Å². The van der Waals surface area contributed by atoms with Gasteiger partial charge in [0.2, 0.25) is 5.91 Å². The average Bonchev–Trinajstić information content (AvgIpc) is 2.32. The third kappa shape index (κ3) is 3.18. The third-order valence-electron chi connectivity index (χ3n) is 2.53. The molecule has 1 rings (SSSR count). The van der Waals surface area contributed by atoms with E-state index in [-0.39, 0.29) is 6.61 Å². The number of methoxy groups -OCH3 is 1.